The van der Waals surface area contributed by atoms with E-state index in [1.54, 1.807) is 0 Å². The number of benzene rings is 1. The molecule has 0 aliphatic heterocycles. The number of allylic oxidation sites excluding steroid dienone is 2. The van der Waals surface area contributed by atoms with Crippen LogP contribution in [-0.4, -0.2) is 6.61 Å². The fourth-order valence-corrected chi connectivity index (χ4v) is 3.67. The van der Waals surface area contributed by atoms with Crippen LogP contribution < -0.4 is 0 Å². The fourth-order valence-electron chi connectivity index (χ4n) is 3.67. The van der Waals surface area contributed by atoms with Crippen LogP contribution in [0.25, 0.3) is 0 Å². The summed E-state index contributed by atoms with van der Waals surface area (Å²) >= 11 is 0. The Hall–Kier alpha value is -1.34. The van der Waals surface area contributed by atoms with Gasteiger partial charge in [0.2, 0.25) is 0 Å². The van der Waals surface area contributed by atoms with E-state index >= 15 is 0 Å². The molecule has 1 saturated carbocycles. The third-order valence-corrected chi connectivity index (χ3v) is 5.26. The van der Waals surface area contributed by atoms with Gasteiger partial charge in [0.05, 0.1) is 13.2 Å². The summed E-state index contributed by atoms with van der Waals surface area (Å²) in [5.41, 5.74) is 2.75. The molecule has 0 saturated heterocycles. The summed E-state index contributed by atoms with van der Waals surface area (Å²) in [6.45, 7) is 7.46. The molecule has 132 valence electrons. The van der Waals surface area contributed by atoms with Crippen LogP contribution in [0.3, 0.4) is 0 Å². The molecule has 0 aromatic heterocycles. The van der Waals surface area contributed by atoms with Gasteiger partial charge < -0.3 is 4.74 Å². The molecular weight excluding hydrogens is 292 g/mol. The van der Waals surface area contributed by atoms with Gasteiger partial charge in [-0.1, -0.05) is 55.3 Å². The van der Waals surface area contributed by atoms with E-state index in [-0.39, 0.29) is 0 Å². The lowest BCUT2D eigenvalue weighted by Crippen LogP contribution is -2.14. The first-order valence-electron chi connectivity index (χ1n) is 9.69. The van der Waals surface area contributed by atoms with Gasteiger partial charge in [0.1, 0.15) is 0 Å². The molecule has 0 atom stereocenters. The molecule has 0 radical (unpaired) electrons. The average Bonchev–Trinajstić information content (AvgIpc) is 2.62. The largest absolute Gasteiger partial charge is 0.376 e. The molecule has 1 fully saturated rings. The predicted octanol–water partition coefficient (Wildman–Crippen LogP) is 6.48. The van der Waals surface area contributed by atoms with Crippen molar-refractivity contribution in [1.82, 2.24) is 0 Å². The smallest absolute Gasteiger partial charge is 0.0717 e. The highest BCUT2D eigenvalue weighted by Crippen LogP contribution is 2.33. The molecule has 1 aromatic carbocycles. The Morgan fingerprint density at radius 2 is 1.71 bits per heavy atom. The summed E-state index contributed by atoms with van der Waals surface area (Å²) in [6.07, 6.45) is 16.7. The number of hydrogen-bond donors (Lipinski definition) is 0. The second kappa shape index (κ2) is 11.3. The van der Waals surface area contributed by atoms with Gasteiger partial charge in [-0.2, -0.15) is 0 Å². The van der Waals surface area contributed by atoms with Gasteiger partial charge in [-0.25, -0.2) is 0 Å². The maximum atomic E-state index is 5.69. The Morgan fingerprint density at radius 3 is 2.38 bits per heavy atom. The van der Waals surface area contributed by atoms with E-state index in [0.29, 0.717) is 0 Å². The molecule has 24 heavy (non-hydrogen) atoms. The predicted molar refractivity (Wildman–Crippen MR) is 104 cm³/mol. The van der Waals surface area contributed by atoms with Gasteiger partial charge in [0.15, 0.2) is 0 Å². The van der Waals surface area contributed by atoms with Crippen LogP contribution in [0, 0.1) is 11.8 Å². The second-order valence-corrected chi connectivity index (χ2v) is 7.18. The zero-order valence-corrected chi connectivity index (χ0v) is 15.4. The maximum absolute atomic E-state index is 5.69. The van der Waals surface area contributed by atoms with Crippen molar-refractivity contribution in [2.75, 3.05) is 6.61 Å². The van der Waals surface area contributed by atoms with Crippen molar-refractivity contribution in [2.45, 2.75) is 64.9 Å². The molecule has 2 rings (SSSR count). The number of hydrogen-bond acceptors (Lipinski definition) is 1. The minimum absolute atomic E-state index is 0.727. The van der Waals surface area contributed by atoms with Crippen molar-refractivity contribution < 1.29 is 4.74 Å². The highest BCUT2D eigenvalue weighted by atomic mass is 16.5. The molecule has 1 heteroatoms. The normalized spacial score (nSPS) is 21.2. The highest BCUT2D eigenvalue weighted by molar-refractivity contribution is 5.22. The van der Waals surface area contributed by atoms with Crippen molar-refractivity contribution in [1.29, 1.82) is 0 Å². The molecule has 1 aliphatic carbocycles. The van der Waals surface area contributed by atoms with Crippen molar-refractivity contribution in [2.24, 2.45) is 11.8 Å². The Balaban J connectivity index is 1.64. The van der Waals surface area contributed by atoms with Crippen LogP contribution >= 0.6 is 0 Å². The van der Waals surface area contributed by atoms with E-state index < -0.39 is 0 Å². The highest BCUT2D eigenvalue weighted by Gasteiger charge is 2.19. The van der Waals surface area contributed by atoms with E-state index in [1.165, 1.54) is 56.1 Å². The second-order valence-electron chi connectivity index (χ2n) is 7.18. The lowest BCUT2D eigenvalue weighted by molar-refractivity contribution is 0.125. The van der Waals surface area contributed by atoms with Crippen LogP contribution in [0.15, 0.2) is 49.1 Å². The lowest BCUT2D eigenvalue weighted by Gasteiger charge is -2.27. The summed E-state index contributed by atoms with van der Waals surface area (Å²) in [5, 5.41) is 0. The summed E-state index contributed by atoms with van der Waals surface area (Å²) in [5.74, 6) is 1.84. The summed E-state index contributed by atoms with van der Waals surface area (Å²) in [7, 11) is 0. The van der Waals surface area contributed by atoms with E-state index in [1.807, 2.05) is 6.92 Å². The zero-order valence-electron chi connectivity index (χ0n) is 15.4. The van der Waals surface area contributed by atoms with Crippen molar-refractivity contribution in [3.63, 3.8) is 0 Å². The zero-order chi connectivity index (χ0) is 17.0. The van der Waals surface area contributed by atoms with Crippen molar-refractivity contribution in [3.8, 4) is 0 Å². The third kappa shape index (κ3) is 7.05. The molecule has 0 spiro atoms. The van der Waals surface area contributed by atoms with Gasteiger partial charge in [0, 0.05) is 0 Å². The SMILES string of the molecule is C=CC[C@H]1CC[C@H](CCc2ccc(COCCC=CC)cc2)CC1. The molecule has 0 amide bonds. The van der Waals surface area contributed by atoms with Gasteiger partial charge in [-0.3, -0.25) is 0 Å². The first-order valence-corrected chi connectivity index (χ1v) is 9.69. The molecule has 0 heterocycles. The maximum Gasteiger partial charge on any atom is 0.0717 e. The van der Waals surface area contributed by atoms with Crippen LogP contribution in [0.5, 0.6) is 0 Å². The molecule has 0 N–H and O–H groups in total. The van der Waals surface area contributed by atoms with Crippen LogP contribution in [0.1, 0.15) is 63.0 Å². The molecule has 1 aliphatic rings. The summed E-state index contributed by atoms with van der Waals surface area (Å²) < 4.78 is 5.69. The molecule has 1 aromatic rings. The Kier molecular flexibility index (Phi) is 8.91. The van der Waals surface area contributed by atoms with Crippen LogP contribution in [-0.2, 0) is 17.8 Å². The first-order chi connectivity index (χ1) is 11.8. The molecule has 0 unspecified atom stereocenters. The number of rotatable bonds is 10. The Labute approximate surface area is 148 Å². The summed E-state index contributed by atoms with van der Waals surface area (Å²) in [4.78, 5) is 0. The van der Waals surface area contributed by atoms with Crippen molar-refractivity contribution in [3.05, 3.63) is 60.2 Å². The van der Waals surface area contributed by atoms with Crippen LogP contribution in [0.2, 0.25) is 0 Å². The average molecular weight is 327 g/mol. The Morgan fingerprint density at radius 1 is 1.04 bits per heavy atom. The minimum Gasteiger partial charge on any atom is -0.376 e. The van der Waals surface area contributed by atoms with E-state index in [9.17, 15) is 0 Å². The van der Waals surface area contributed by atoms with Gasteiger partial charge in [0.25, 0.3) is 0 Å². The standard InChI is InChI=1S/C23H34O/c1-3-5-6-18-24-19-23-16-14-22(15-17-23)13-12-21-10-8-20(7-4-2)9-11-21/h3-5,14-17,20-21H,2,6-13,18-19H2,1H3/t20-,21-. The summed E-state index contributed by atoms with van der Waals surface area (Å²) in [6, 6.07) is 9.03. The monoisotopic (exact) mass is 326 g/mol. The van der Waals surface area contributed by atoms with E-state index in [0.717, 1.165) is 31.5 Å². The lowest BCUT2D eigenvalue weighted by atomic mass is 9.78. The molecular formula is C23H34O. The van der Waals surface area contributed by atoms with Crippen LogP contribution in [0.4, 0.5) is 0 Å². The number of aryl methyl sites for hydroxylation is 1. The Bertz CT molecular complexity index is 477. The third-order valence-electron chi connectivity index (χ3n) is 5.26. The van der Waals surface area contributed by atoms with Gasteiger partial charge >= 0.3 is 0 Å². The van der Waals surface area contributed by atoms with E-state index in [4.69, 9.17) is 4.74 Å². The van der Waals surface area contributed by atoms with Crippen molar-refractivity contribution >= 4 is 0 Å². The molecule has 0 bridgehead atoms. The fraction of sp³-hybridized carbons (Fsp3) is 0.565. The van der Waals surface area contributed by atoms with E-state index in [2.05, 4.69) is 49.1 Å². The molecule has 1 nitrogen and oxygen atoms in total. The number of ether oxygens (including phenoxy) is 1. The topological polar surface area (TPSA) is 9.23 Å². The quantitative estimate of drug-likeness (QED) is 0.353. The first kappa shape index (κ1) is 19.0. The van der Waals surface area contributed by atoms with Gasteiger partial charge in [-0.15, -0.1) is 6.58 Å². The minimum atomic E-state index is 0.727. The van der Waals surface area contributed by atoms with Gasteiger partial charge in [-0.05, 0) is 68.4 Å².